The van der Waals surface area contributed by atoms with E-state index < -0.39 is 5.97 Å². The normalized spacial score (nSPS) is 15.5. The van der Waals surface area contributed by atoms with Crippen molar-refractivity contribution in [2.45, 2.75) is 25.2 Å². The molecule has 1 saturated heterocycles. The van der Waals surface area contributed by atoms with Gasteiger partial charge in [-0.25, -0.2) is 4.79 Å². The number of aromatic carboxylic acids is 1. The van der Waals surface area contributed by atoms with Crippen molar-refractivity contribution in [3.8, 4) is 0 Å². The highest BCUT2D eigenvalue weighted by Crippen LogP contribution is 2.32. The molecule has 2 aromatic rings. The van der Waals surface area contributed by atoms with Gasteiger partial charge in [0.25, 0.3) is 0 Å². The van der Waals surface area contributed by atoms with Gasteiger partial charge in [-0.2, -0.15) is 0 Å². The third-order valence-electron chi connectivity index (χ3n) is 5.50. The van der Waals surface area contributed by atoms with Gasteiger partial charge >= 0.3 is 5.97 Å². The maximum absolute atomic E-state index is 11.5. The molecule has 1 aliphatic heterocycles. The Kier molecular flexibility index (Phi) is 6.54. The number of carbonyl (C=O) groups is 1. The van der Waals surface area contributed by atoms with Crippen LogP contribution in [0.15, 0.2) is 36.4 Å². The fourth-order valence-electron chi connectivity index (χ4n) is 3.82. The quantitative estimate of drug-likeness (QED) is 0.632. The first kappa shape index (κ1) is 20.2. The SMILES string of the molecule is COCCc1c(C(=O)O)ccc(Nc2cccc(C3CCN(C)CC3)c2)c1N. The molecule has 1 aliphatic rings. The summed E-state index contributed by atoms with van der Waals surface area (Å²) in [6, 6.07) is 11.8. The van der Waals surface area contributed by atoms with Gasteiger partial charge in [-0.05, 0) is 80.7 Å². The van der Waals surface area contributed by atoms with Crippen LogP contribution in [0, 0.1) is 0 Å². The molecule has 4 N–H and O–H groups in total. The summed E-state index contributed by atoms with van der Waals surface area (Å²) in [6.45, 7) is 2.66. The first-order valence-corrected chi connectivity index (χ1v) is 9.68. The highest BCUT2D eigenvalue weighted by atomic mass is 16.5. The molecule has 3 rings (SSSR count). The van der Waals surface area contributed by atoms with Crippen molar-refractivity contribution in [2.75, 3.05) is 44.9 Å². The van der Waals surface area contributed by atoms with Crippen molar-refractivity contribution in [3.05, 3.63) is 53.1 Å². The number of nitrogens with two attached hydrogens (primary N) is 1. The van der Waals surface area contributed by atoms with Crippen LogP contribution < -0.4 is 11.1 Å². The van der Waals surface area contributed by atoms with E-state index in [0.717, 1.165) is 37.3 Å². The van der Waals surface area contributed by atoms with Crippen LogP contribution in [0.4, 0.5) is 17.1 Å². The van der Waals surface area contributed by atoms with E-state index in [0.29, 0.717) is 30.2 Å². The van der Waals surface area contributed by atoms with Crippen LogP contribution in [0.5, 0.6) is 0 Å². The minimum absolute atomic E-state index is 0.222. The van der Waals surface area contributed by atoms with Gasteiger partial charge in [0.05, 0.1) is 23.5 Å². The summed E-state index contributed by atoms with van der Waals surface area (Å²) in [5.41, 5.74) is 10.6. The largest absolute Gasteiger partial charge is 0.478 e. The van der Waals surface area contributed by atoms with E-state index in [4.69, 9.17) is 10.5 Å². The molecule has 0 saturated carbocycles. The number of rotatable bonds is 7. The molecule has 0 bridgehead atoms. The third kappa shape index (κ3) is 4.64. The van der Waals surface area contributed by atoms with Gasteiger partial charge in [0.15, 0.2) is 0 Å². The average molecular weight is 383 g/mol. The number of nitrogen functional groups attached to an aromatic ring is 1. The minimum Gasteiger partial charge on any atom is -0.478 e. The number of nitrogens with one attached hydrogen (secondary N) is 1. The Bertz CT molecular complexity index is 830. The van der Waals surface area contributed by atoms with Crippen molar-refractivity contribution < 1.29 is 14.6 Å². The summed E-state index contributed by atoms with van der Waals surface area (Å²) in [4.78, 5) is 13.9. The Morgan fingerprint density at radius 1 is 1.29 bits per heavy atom. The van der Waals surface area contributed by atoms with Crippen molar-refractivity contribution in [2.24, 2.45) is 0 Å². The molecule has 0 atom stereocenters. The van der Waals surface area contributed by atoms with Crippen LogP contribution >= 0.6 is 0 Å². The summed E-state index contributed by atoms with van der Waals surface area (Å²) in [5.74, 6) is -0.407. The lowest BCUT2D eigenvalue weighted by Crippen LogP contribution is -2.29. The molecule has 0 spiro atoms. The van der Waals surface area contributed by atoms with Crippen LogP contribution in [0.1, 0.15) is 40.2 Å². The molecule has 6 nitrogen and oxygen atoms in total. The maximum atomic E-state index is 11.5. The summed E-state index contributed by atoms with van der Waals surface area (Å²) >= 11 is 0. The zero-order valence-corrected chi connectivity index (χ0v) is 16.6. The molecule has 1 heterocycles. The lowest BCUT2D eigenvalue weighted by molar-refractivity contribution is 0.0695. The summed E-state index contributed by atoms with van der Waals surface area (Å²) in [6.07, 6.45) is 2.78. The second kappa shape index (κ2) is 9.08. The second-order valence-electron chi connectivity index (χ2n) is 7.43. The van der Waals surface area contributed by atoms with E-state index in [-0.39, 0.29) is 5.56 Å². The third-order valence-corrected chi connectivity index (χ3v) is 5.50. The first-order valence-electron chi connectivity index (χ1n) is 9.68. The highest BCUT2D eigenvalue weighted by molar-refractivity contribution is 5.93. The number of methoxy groups -OCH3 is 1. The van der Waals surface area contributed by atoms with Crippen LogP contribution in [0.3, 0.4) is 0 Å². The molecule has 0 radical (unpaired) electrons. The van der Waals surface area contributed by atoms with Gasteiger partial charge in [-0.15, -0.1) is 0 Å². The molecule has 0 aliphatic carbocycles. The van der Waals surface area contributed by atoms with Crippen molar-refractivity contribution in [1.29, 1.82) is 0 Å². The second-order valence-corrected chi connectivity index (χ2v) is 7.43. The zero-order valence-electron chi connectivity index (χ0n) is 16.6. The number of carboxylic acids is 1. The molecule has 150 valence electrons. The van der Waals surface area contributed by atoms with Gasteiger partial charge in [-0.3, -0.25) is 0 Å². The number of hydrogen-bond donors (Lipinski definition) is 3. The van der Waals surface area contributed by atoms with E-state index in [9.17, 15) is 9.90 Å². The molecule has 0 aromatic heterocycles. The fraction of sp³-hybridized carbons (Fsp3) is 0.409. The van der Waals surface area contributed by atoms with E-state index in [1.54, 1.807) is 19.2 Å². The Morgan fingerprint density at radius 3 is 2.71 bits per heavy atom. The molecular formula is C22H29N3O3. The lowest BCUT2D eigenvalue weighted by atomic mass is 9.89. The summed E-state index contributed by atoms with van der Waals surface area (Å²) < 4.78 is 5.11. The highest BCUT2D eigenvalue weighted by Gasteiger charge is 2.19. The Labute approximate surface area is 166 Å². The molecule has 28 heavy (non-hydrogen) atoms. The molecule has 0 amide bonds. The Balaban J connectivity index is 1.83. The van der Waals surface area contributed by atoms with Crippen LogP contribution in [0.2, 0.25) is 0 Å². The van der Waals surface area contributed by atoms with E-state index in [2.05, 4.69) is 35.5 Å². The molecule has 6 heteroatoms. The minimum atomic E-state index is -0.978. The van der Waals surface area contributed by atoms with E-state index in [1.165, 1.54) is 5.56 Å². The first-order chi connectivity index (χ1) is 13.5. The summed E-state index contributed by atoms with van der Waals surface area (Å²) in [7, 11) is 3.76. The number of ether oxygens (including phenoxy) is 1. The van der Waals surface area contributed by atoms with Crippen LogP contribution in [0.25, 0.3) is 0 Å². The Morgan fingerprint density at radius 2 is 2.04 bits per heavy atom. The molecule has 2 aromatic carbocycles. The average Bonchev–Trinajstić information content (AvgIpc) is 2.69. The van der Waals surface area contributed by atoms with Gasteiger partial charge in [0.1, 0.15) is 0 Å². The zero-order chi connectivity index (χ0) is 20.1. The van der Waals surface area contributed by atoms with Crippen molar-refractivity contribution >= 4 is 23.0 Å². The van der Waals surface area contributed by atoms with Crippen molar-refractivity contribution in [3.63, 3.8) is 0 Å². The number of likely N-dealkylation sites (tertiary alicyclic amines) is 1. The van der Waals surface area contributed by atoms with E-state index in [1.807, 2.05) is 6.07 Å². The fourth-order valence-corrected chi connectivity index (χ4v) is 3.82. The van der Waals surface area contributed by atoms with Gasteiger partial charge < -0.3 is 25.8 Å². The monoisotopic (exact) mass is 383 g/mol. The van der Waals surface area contributed by atoms with Crippen molar-refractivity contribution in [1.82, 2.24) is 4.90 Å². The van der Waals surface area contributed by atoms with Gasteiger partial charge in [0.2, 0.25) is 0 Å². The molecule has 0 unspecified atom stereocenters. The number of carboxylic acid groups (broad SMARTS) is 1. The smallest absolute Gasteiger partial charge is 0.336 e. The standard InChI is InChI=1S/C22H29N3O3/c1-25-11-8-15(9-12-25)16-4-3-5-17(14-16)24-20-7-6-19(22(26)27)18(21(20)23)10-13-28-2/h3-7,14-15,24H,8-13,23H2,1-2H3,(H,26,27). The lowest BCUT2D eigenvalue weighted by Gasteiger charge is -2.29. The van der Waals surface area contributed by atoms with Gasteiger partial charge in [-0.1, -0.05) is 12.1 Å². The number of nitrogens with zero attached hydrogens (tertiary/aromatic N) is 1. The number of piperidine rings is 1. The molecule has 1 fully saturated rings. The maximum Gasteiger partial charge on any atom is 0.336 e. The number of hydrogen-bond acceptors (Lipinski definition) is 5. The summed E-state index contributed by atoms with van der Waals surface area (Å²) in [5, 5.41) is 12.8. The van der Waals surface area contributed by atoms with Gasteiger partial charge in [0, 0.05) is 12.8 Å². The van der Waals surface area contributed by atoms with Crippen LogP contribution in [-0.4, -0.2) is 49.8 Å². The van der Waals surface area contributed by atoms with Crippen LogP contribution in [-0.2, 0) is 11.2 Å². The van der Waals surface area contributed by atoms with E-state index >= 15 is 0 Å². The Hall–Kier alpha value is -2.57. The number of benzene rings is 2. The predicted molar refractivity (Wildman–Crippen MR) is 113 cm³/mol. The number of anilines is 3. The molecular weight excluding hydrogens is 354 g/mol. The topological polar surface area (TPSA) is 87.8 Å². The predicted octanol–water partition coefficient (Wildman–Crippen LogP) is 3.71.